The first-order chi connectivity index (χ1) is 27.3. The van der Waals surface area contributed by atoms with Crippen LogP contribution in [0.3, 0.4) is 0 Å². The van der Waals surface area contributed by atoms with Gasteiger partial charge in [0.25, 0.3) is 0 Å². The molecule has 2 aromatic heterocycles. The number of benzene rings is 8. The first-order valence-corrected chi connectivity index (χ1v) is 20.0. The lowest BCUT2D eigenvalue weighted by Gasteiger charge is -2.22. The summed E-state index contributed by atoms with van der Waals surface area (Å²) in [5, 5.41) is 5.16. The van der Waals surface area contributed by atoms with Crippen LogP contribution < -0.4 is 0 Å². The van der Waals surface area contributed by atoms with Crippen LogP contribution >= 0.6 is 23.5 Å². The predicted molar refractivity (Wildman–Crippen MR) is 230 cm³/mol. The Labute approximate surface area is 327 Å². The van der Waals surface area contributed by atoms with Crippen LogP contribution in [0.2, 0.25) is 0 Å². The van der Waals surface area contributed by atoms with Gasteiger partial charge in [-0.3, -0.25) is 0 Å². The number of hydrogen-bond acceptors (Lipinski definition) is 4. The maximum atomic E-state index is 5.12. The van der Waals surface area contributed by atoms with E-state index in [1.807, 2.05) is 47.8 Å². The summed E-state index contributed by atoms with van der Waals surface area (Å²) in [6.07, 6.45) is 0. The van der Waals surface area contributed by atoms with E-state index < -0.39 is 0 Å². The van der Waals surface area contributed by atoms with Gasteiger partial charge < -0.3 is 4.57 Å². The van der Waals surface area contributed by atoms with E-state index in [0.717, 1.165) is 44.9 Å². The van der Waals surface area contributed by atoms with Gasteiger partial charge in [0.15, 0.2) is 5.82 Å². The number of hydrogen-bond donors (Lipinski definition) is 0. The maximum Gasteiger partial charge on any atom is 0.160 e. The molecule has 3 heterocycles. The van der Waals surface area contributed by atoms with Gasteiger partial charge in [-0.2, -0.15) is 0 Å². The van der Waals surface area contributed by atoms with E-state index in [4.69, 9.17) is 9.97 Å². The molecular weight excluding hydrogens is 707 g/mol. The number of rotatable bonds is 5. The van der Waals surface area contributed by atoms with Crippen LogP contribution in [0.5, 0.6) is 0 Å². The minimum Gasteiger partial charge on any atom is -0.308 e. The molecule has 5 heteroatoms. The predicted octanol–water partition coefficient (Wildman–Crippen LogP) is 14.0. The van der Waals surface area contributed by atoms with Crippen LogP contribution in [0.1, 0.15) is 0 Å². The highest BCUT2D eigenvalue weighted by Gasteiger charge is 2.27. The number of para-hydroxylation sites is 1. The van der Waals surface area contributed by atoms with Crippen molar-refractivity contribution in [3.63, 3.8) is 0 Å². The Morgan fingerprint density at radius 3 is 1.69 bits per heavy atom. The molecule has 0 spiro atoms. The van der Waals surface area contributed by atoms with Gasteiger partial charge in [-0.1, -0.05) is 169 Å². The van der Waals surface area contributed by atoms with E-state index >= 15 is 0 Å². The van der Waals surface area contributed by atoms with Crippen LogP contribution in [-0.2, 0) is 0 Å². The van der Waals surface area contributed by atoms with Gasteiger partial charge in [0, 0.05) is 47.8 Å². The maximum absolute atomic E-state index is 5.12. The lowest BCUT2D eigenvalue weighted by atomic mass is 10.00. The van der Waals surface area contributed by atoms with Crippen molar-refractivity contribution in [3.8, 4) is 50.7 Å². The molecule has 0 radical (unpaired) electrons. The van der Waals surface area contributed by atoms with Gasteiger partial charge in [0.2, 0.25) is 0 Å². The van der Waals surface area contributed by atoms with Crippen LogP contribution in [0.15, 0.2) is 208 Å². The van der Waals surface area contributed by atoms with Crippen LogP contribution in [0.4, 0.5) is 0 Å². The van der Waals surface area contributed by atoms with Crippen molar-refractivity contribution in [3.05, 3.63) is 188 Å². The van der Waals surface area contributed by atoms with Gasteiger partial charge >= 0.3 is 0 Å². The zero-order valence-electron chi connectivity index (χ0n) is 29.6. The van der Waals surface area contributed by atoms with E-state index in [2.05, 4.69) is 168 Å². The van der Waals surface area contributed by atoms with Crippen molar-refractivity contribution < 1.29 is 0 Å². The zero-order chi connectivity index (χ0) is 36.3. The molecule has 0 N–H and O–H groups in total. The minimum atomic E-state index is 0.713. The smallest absolute Gasteiger partial charge is 0.160 e. The molecule has 10 aromatic rings. The zero-order valence-corrected chi connectivity index (χ0v) is 31.2. The minimum absolute atomic E-state index is 0.713. The van der Waals surface area contributed by atoms with Crippen molar-refractivity contribution in [1.82, 2.24) is 14.5 Å². The molecule has 0 atom stereocenters. The van der Waals surface area contributed by atoms with Gasteiger partial charge in [-0.25, -0.2) is 9.97 Å². The molecule has 0 amide bonds. The molecule has 1 aliphatic heterocycles. The molecule has 0 unspecified atom stereocenters. The van der Waals surface area contributed by atoms with Gasteiger partial charge in [-0.15, -0.1) is 0 Å². The SMILES string of the molecule is c1ccc(-c2cc(-c3cccc(-c4cccc(-n5c6ccccc6c6c7ccccc7c7c(c65)Sc5ccccc5S7)c4)c3)nc(-c3ccccc3)n2)cc1. The molecule has 3 nitrogen and oxygen atoms in total. The van der Waals surface area contributed by atoms with Gasteiger partial charge in [0.1, 0.15) is 0 Å². The van der Waals surface area contributed by atoms with E-state index in [1.165, 1.54) is 52.2 Å². The van der Waals surface area contributed by atoms with Crippen molar-refractivity contribution in [2.75, 3.05) is 0 Å². The quantitative estimate of drug-likeness (QED) is 0.176. The highest BCUT2D eigenvalue weighted by atomic mass is 32.2. The summed E-state index contributed by atoms with van der Waals surface area (Å²) in [6.45, 7) is 0. The summed E-state index contributed by atoms with van der Waals surface area (Å²) in [6, 6.07) is 67.0. The Morgan fingerprint density at radius 2 is 0.927 bits per heavy atom. The molecule has 11 rings (SSSR count). The van der Waals surface area contributed by atoms with Crippen molar-refractivity contribution in [1.29, 1.82) is 0 Å². The standard InChI is InChI=1S/C50H31N3S2/c1-3-15-32(16-4-1)41-31-42(52-50(51-41)33-17-5-2-6-18-33)36-21-13-19-34(29-36)35-20-14-22-37(30-35)53-43-26-10-9-25-40(43)46-38-23-7-8-24-39(38)48-49(47(46)53)55-45-28-12-11-27-44(45)54-48/h1-31H. The average Bonchev–Trinajstić information content (AvgIpc) is 3.62. The second-order valence-corrected chi connectivity index (χ2v) is 15.9. The fourth-order valence-corrected chi connectivity index (χ4v) is 10.5. The molecule has 258 valence electrons. The molecule has 0 saturated heterocycles. The Balaban J connectivity index is 1.09. The van der Waals surface area contributed by atoms with Gasteiger partial charge in [0.05, 0.1) is 27.3 Å². The largest absolute Gasteiger partial charge is 0.308 e. The van der Waals surface area contributed by atoms with Crippen molar-refractivity contribution >= 4 is 56.1 Å². The lowest BCUT2D eigenvalue weighted by Crippen LogP contribution is -1.99. The number of aromatic nitrogens is 3. The van der Waals surface area contributed by atoms with Gasteiger partial charge in [-0.05, 0) is 64.4 Å². The summed E-state index contributed by atoms with van der Waals surface area (Å²) >= 11 is 3.79. The van der Waals surface area contributed by atoms with Crippen LogP contribution in [0, 0.1) is 0 Å². The second kappa shape index (κ2) is 13.2. The first kappa shape index (κ1) is 32.1. The van der Waals surface area contributed by atoms with E-state index in [9.17, 15) is 0 Å². The van der Waals surface area contributed by atoms with Crippen molar-refractivity contribution in [2.45, 2.75) is 19.6 Å². The topological polar surface area (TPSA) is 30.7 Å². The Kier molecular flexibility index (Phi) is 7.68. The van der Waals surface area contributed by atoms with E-state index in [-0.39, 0.29) is 0 Å². The third kappa shape index (κ3) is 5.46. The summed E-state index contributed by atoms with van der Waals surface area (Å²) in [4.78, 5) is 15.4. The molecule has 1 aliphatic rings. The average molecular weight is 738 g/mol. The Hall–Kier alpha value is -6.40. The second-order valence-electron chi connectivity index (χ2n) is 13.8. The third-order valence-corrected chi connectivity index (χ3v) is 13.1. The first-order valence-electron chi connectivity index (χ1n) is 18.4. The number of fused-ring (bicyclic) bond motifs is 9. The fourth-order valence-electron chi connectivity index (χ4n) is 7.91. The third-order valence-electron chi connectivity index (χ3n) is 10.4. The monoisotopic (exact) mass is 737 g/mol. The Morgan fingerprint density at radius 1 is 0.382 bits per heavy atom. The number of nitrogens with zero attached hydrogens (tertiary/aromatic N) is 3. The molecular formula is C50H31N3S2. The molecule has 0 aliphatic carbocycles. The summed E-state index contributed by atoms with van der Waals surface area (Å²) < 4.78 is 2.49. The van der Waals surface area contributed by atoms with Crippen LogP contribution in [0.25, 0.3) is 83.3 Å². The lowest BCUT2D eigenvalue weighted by molar-refractivity contribution is 1.12. The summed E-state index contributed by atoms with van der Waals surface area (Å²) in [5.74, 6) is 0.713. The molecule has 55 heavy (non-hydrogen) atoms. The van der Waals surface area contributed by atoms with Crippen LogP contribution in [-0.4, -0.2) is 14.5 Å². The summed E-state index contributed by atoms with van der Waals surface area (Å²) in [5.41, 5.74) is 10.8. The normalized spacial score (nSPS) is 12.2. The van der Waals surface area contributed by atoms with E-state index in [0.29, 0.717) is 5.82 Å². The summed E-state index contributed by atoms with van der Waals surface area (Å²) in [7, 11) is 0. The van der Waals surface area contributed by atoms with Crippen molar-refractivity contribution in [2.24, 2.45) is 0 Å². The highest BCUT2D eigenvalue weighted by molar-refractivity contribution is 8.05. The highest BCUT2D eigenvalue weighted by Crippen LogP contribution is 2.55. The molecule has 8 aromatic carbocycles. The Bertz CT molecular complexity index is 3040. The van der Waals surface area contributed by atoms with E-state index in [1.54, 1.807) is 0 Å². The molecule has 0 bridgehead atoms. The molecule has 0 fully saturated rings. The molecule has 0 saturated carbocycles. The fraction of sp³-hybridized carbons (Fsp3) is 0.